The van der Waals surface area contributed by atoms with E-state index in [1.807, 2.05) is 6.92 Å². The van der Waals surface area contributed by atoms with E-state index in [1.54, 1.807) is 18.3 Å². The molecule has 0 bridgehead atoms. The first-order chi connectivity index (χ1) is 4.34. The summed E-state index contributed by atoms with van der Waals surface area (Å²) in [5, 5.41) is 0. The van der Waals surface area contributed by atoms with Crippen LogP contribution in [-0.4, -0.2) is 4.98 Å². The predicted octanol–water partition coefficient (Wildman–Crippen LogP) is 1.06. The summed E-state index contributed by atoms with van der Waals surface area (Å²) in [7, 11) is 0. The molecule has 0 unspecified atom stereocenters. The maximum atomic E-state index is 4.91. The molecular weight excluding hydrogens is 152 g/mol. The SMILES string of the molecule is Cc1ncccc1ON.Cl. The van der Waals surface area contributed by atoms with Crippen LogP contribution < -0.4 is 10.7 Å². The minimum absolute atomic E-state index is 0. The summed E-state index contributed by atoms with van der Waals surface area (Å²) in [6.45, 7) is 1.84. The van der Waals surface area contributed by atoms with Gasteiger partial charge in [-0.2, -0.15) is 5.90 Å². The molecule has 1 heterocycles. The van der Waals surface area contributed by atoms with Crippen LogP contribution in [0.15, 0.2) is 18.3 Å². The van der Waals surface area contributed by atoms with Crippen LogP contribution >= 0.6 is 12.4 Å². The summed E-state index contributed by atoms with van der Waals surface area (Å²) in [6.07, 6.45) is 1.69. The second-order valence-electron chi connectivity index (χ2n) is 1.70. The summed E-state index contributed by atoms with van der Waals surface area (Å²) >= 11 is 0. The van der Waals surface area contributed by atoms with Gasteiger partial charge in [0, 0.05) is 6.20 Å². The van der Waals surface area contributed by atoms with Gasteiger partial charge in [-0.25, -0.2) is 0 Å². The number of aryl methyl sites for hydroxylation is 1. The first kappa shape index (κ1) is 9.20. The number of pyridine rings is 1. The molecule has 0 aromatic carbocycles. The Morgan fingerprint density at radius 3 is 2.70 bits per heavy atom. The third-order valence-corrected chi connectivity index (χ3v) is 1.09. The largest absolute Gasteiger partial charge is 0.410 e. The van der Waals surface area contributed by atoms with E-state index in [0.29, 0.717) is 5.75 Å². The van der Waals surface area contributed by atoms with Crippen molar-refractivity contribution in [3.8, 4) is 5.75 Å². The molecule has 0 saturated heterocycles. The molecule has 0 fully saturated rings. The molecule has 10 heavy (non-hydrogen) atoms. The minimum atomic E-state index is 0. The van der Waals surface area contributed by atoms with Gasteiger partial charge in [0.05, 0.1) is 5.69 Å². The molecule has 3 nitrogen and oxygen atoms in total. The molecule has 0 aliphatic rings. The van der Waals surface area contributed by atoms with E-state index in [1.165, 1.54) is 0 Å². The molecule has 0 spiro atoms. The fraction of sp³-hybridized carbons (Fsp3) is 0.167. The molecule has 2 N–H and O–H groups in total. The number of halogens is 1. The van der Waals surface area contributed by atoms with Gasteiger partial charge in [-0.15, -0.1) is 12.4 Å². The Balaban J connectivity index is 0.000000810. The van der Waals surface area contributed by atoms with Crippen LogP contribution in [-0.2, 0) is 0 Å². The fourth-order valence-corrected chi connectivity index (χ4v) is 0.594. The van der Waals surface area contributed by atoms with Crippen molar-refractivity contribution in [2.24, 2.45) is 5.90 Å². The van der Waals surface area contributed by atoms with Crippen molar-refractivity contribution >= 4 is 12.4 Å². The van der Waals surface area contributed by atoms with Crippen molar-refractivity contribution in [2.75, 3.05) is 0 Å². The standard InChI is InChI=1S/C6H8N2O.ClH/c1-5-6(9-7)3-2-4-8-5;/h2-4H,7H2,1H3;1H. The second kappa shape index (κ2) is 4.09. The third-order valence-electron chi connectivity index (χ3n) is 1.09. The lowest BCUT2D eigenvalue weighted by Crippen LogP contribution is -2.03. The highest BCUT2D eigenvalue weighted by Gasteiger charge is 1.93. The highest BCUT2D eigenvalue weighted by atomic mass is 35.5. The molecule has 56 valence electrons. The van der Waals surface area contributed by atoms with Gasteiger partial charge in [0.25, 0.3) is 0 Å². The van der Waals surface area contributed by atoms with Crippen molar-refractivity contribution < 1.29 is 4.84 Å². The Morgan fingerprint density at radius 1 is 1.60 bits per heavy atom. The summed E-state index contributed by atoms with van der Waals surface area (Å²) in [5.74, 6) is 5.53. The number of nitrogens with zero attached hydrogens (tertiary/aromatic N) is 1. The molecule has 0 aliphatic heterocycles. The Labute approximate surface area is 65.6 Å². The van der Waals surface area contributed by atoms with Crippen LogP contribution in [0, 0.1) is 6.92 Å². The molecular formula is C6H9ClN2O. The van der Waals surface area contributed by atoms with Crippen molar-refractivity contribution in [1.29, 1.82) is 0 Å². The lowest BCUT2D eigenvalue weighted by molar-refractivity contribution is 0.330. The monoisotopic (exact) mass is 160 g/mol. The van der Waals surface area contributed by atoms with Crippen LogP contribution in [0.3, 0.4) is 0 Å². The van der Waals surface area contributed by atoms with Crippen molar-refractivity contribution in [1.82, 2.24) is 4.98 Å². The Hall–Kier alpha value is -0.800. The third kappa shape index (κ3) is 1.86. The first-order valence-electron chi connectivity index (χ1n) is 2.63. The number of rotatable bonds is 1. The van der Waals surface area contributed by atoms with E-state index in [2.05, 4.69) is 9.82 Å². The molecule has 1 aromatic rings. The zero-order valence-corrected chi connectivity index (χ0v) is 6.39. The maximum Gasteiger partial charge on any atom is 0.167 e. The minimum Gasteiger partial charge on any atom is -0.410 e. The van der Waals surface area contributed by atoms with Gasteiger partial charge in [0.1, 0.15) is 0 Å². The predicted molar refractivity (Wildman–Crippen MR) is 41.0 cm³/mol. The second-order valence-corrected chi connectivity index (χ2v) is 1.70. The van der Waals surface area contributed by atoms with Crippen LogP contribution in [0.25, 0.3) is 0 Å². The van der Waals surface area contributed by atoms with Gasteiger partial charge >= 0.3 is 0 Å². The van der Waals surface area contributed by atoms with Crippen LogP contribution in [0.1, 0.15) is 5.69 Å². The summed E-state index contributed by atoms with van der Waals surface area (Å²) in [6, 6.07) is 3.54. The Morgan fingerprint density at radius 2 is 2.30 bits per heavy atom. The van der Waals surface area contributed by atoms with Gasteiger partial charge in [-0.05, 0) is 19.1 Å². The lowest BCUT2D eigenvalue weighted by Gasteiger charge is -1.98. The molecule has 0 atom stereocenters. The molecule has 0 amide bonds. The maximum absolute atomic E-state index is 4.91. The quantitative estimate of drug-likeness (QED) is 0.625. The number of nitrogens with two attached hydrogens (primary N) is 1. The average molecular weight is 161 g/mol. The van der Waals surface area contributed by atoms with E-state index in [-0.39, 0.29) is 12.4 Å². The van der Waals surface area contributed by atoms with Crippen LogP contribution in [0.2, 0.25) is 0 Å². The molecule has 0 radical (unpaired) electrons. The summed E-state index contributed by atoms with van der Waals surface area (Å²) in [5.41, 5.74) is 0.806. The average Bonchev–Trinajstić information content (AvgIpc) is 1.89. The van der Waals surface area contributed by atoms with Crippen LogP contribution in [0.4, 0.5) is 0 Å². The van der Waals surface area contributed by atoms with Gasteiger partial charge < -0.3 is 4.84 Å². The van der Waals surface area contributed by atoms with Gasteiger partial charge in [-0.1, -0.05) is 0 Å². The van der Waals surface area contributed by atoms with Crippen LogP contribution in [0.5, 0.6) is 5.75 Å². The normalized spacial score (nSPS) is 8.20. The first-order valence-corrected chi connectivity index (χ1v) is 2.63. The number of hydrogen-bond donors (Lipinski definition) is 1. The Bertz CT molecular complexity index is 205. The number of aromatic nitrogens is 1. The van der Waals surface area contributed by atoms with Gasteiger partial charge in [0.15, 0.2) is 5.75 Å². The summed E-state index contributed by atoms with van der Waals surface area (Å²) in [4.78, 5) is 8.43. The fourth-order valence-electron chi connectivity index (χ4n) is 0.594. The van der Waals surface area contributed by atoms with Crippen molar-refractivity contribution in [3.05, 3.63) is 24.0 Å². The smallest absolute Gasteiger partial charge is 0.167 e. The molecule has 0 aliphatic carbocycles. The van der Waals surface area contributed by atoms with Crippen molar-refractivity contribution in [2.45, 2.75) is 6.92 Å². The van der Waals surface area contributed by atoms with E-state index in [9.17, 15) is 0 Å². The molecule has 1 aromatic heterocycles. The molecule has 1 rings (SSSR count). The van der Waals surface area contributed by atoms with E-state index < -0.39 is 0 Å². The lowest BCUT2D eigenvalue weighted by atomic mass is 10.3. The zero-order chi connectivity index (χ0) is 6.69. The van der Waals surface area contributed by atoms with Gasteiger partial charge in [0.2, 0.25) is 0 Å². The van der Waals surface area contributed by atoms with E-state index >= 15 is 0 Å². The highest BCUT2D eigenvalue weighted by Crippen LogP contribution is 2.10. The zero-order valence-electron chi connectivity index (χ0n) is 5.57. The van der Waals surface area contributed by atoms with Crippen molar-refractivity contribution in [3.63, 3.8) is 0 Å². The highest BCUT2D eigenvalue weighted by molar-refractivity contribution is 5.85. The van der Waals surface area contributed by atoms with E-state index in [4.69, 9.17) is 5.90 Å². The topological polar surface area (TPSA) is 48.1 Å². The van der Waals surface area contributed by atoms with E-state index in [0.717, 1.165) is 5.69 Å². The molecule has 4 heteroatoms. The summed E-state index contributed by atoms with van der Waals surface area (Å²) < 4.78 is 0. The van der Waals surface area contributed by atoms with Gasteiger partial charge in [-0.3, -0.25) is 4.98 Å². The Kier molecular flexibility index (Phi) is 3.76. The number of hydrogen-bond acceptors (Lipinski definition) is 3. The molecule has 0 saturated carbocycles.